The minimum Gasteiger partial charge on any atom is -0.272 e. The summed E-state index contributed by atoms with van der Waals surface area (Å²) in [4.78, 5) is 11.1. The van der Waals surface area contributed by atoms with Gasteiger partial charge in [0, 0.05) is 6.42 Å². The molecular weight excluding hydrogens is 181 g/mol. The van der Waals surface area contributed by atoms with E-state index in [9.17, 15) is 9.28 Å². The number of carbonyl (C=O) groups is 1. The smallest absolute Gasteiger partial charge is 0.250 e. The Morgan fingerprint density at radius 3 is 2.57 bits per heavy atom. The molecule has 0 heterocycles. The molecule has 76 valence electrons. The second kappa shape index (κ2) is 5.37. The van der Waals surface area contributed by atoms with Crippen LogP contribution in [0.1, 0.15) is 25.3 Å². The average molecular weight is 195 g/mol. The Kier molecular flexibility index (Phi) is 4.11. The first kappa shape index (κ1) is 10.7. The first-order valence-corrected chi connectivity index (χ1v) is 4.74. The van der Waals surface area contributed by atoms with E-state index < -0.39 is 5.91 Å². The lowest BCUT2D eigenvalue weighted by atomic mass is 10.2. The van der Waals surface area contributed by atoms with Crippen molar-refractivity contribution in [2.45, 2.75) is 26.3 Å². The Morgan fingerprint density at radius 2 is 2.00 bits per heavy atom. The molecule has 1 aromatic rings. The number of benzene rings is 1. The second-order valence-corrected chi connectivity index (χ2v) is 3.15. The van der Waals surface area contributed by atoms with Gasteiger partial charge in [0.2, 0.25) is 0 Å². The standard InChI is InChI=1S/C11H14FNO/c1-2-6-11(14)13(12)9-10-7-4-3-5-8-10/h3-5,7-8H,2,6,9H2,1H3. The Morgan fingerprint density at radius 1 is 1.36 bits per heavy atom. The summed E-state index contributed by atoms with van der Waals surface area (Å²) in [6, 6.07) is 9.11. The van der Waals surface area contributed by atoms with Gasteiger partial charge in [-0.15, -0.1) is 0 Å². The van der Waals surface area contributed by atoms with Gasteiger partial charge in [-0.25, -0.2) is 0 Å². The van der Waals surface area contributed by atoms with Crippen LogP contribution in [0.3, 0.4) is 0 Å². The molecule has 0 saturated heterocycles. The molecule has 0 radical (unpaired) electrons. The predicted molar refractivity (Wildman–Crippen MR) is 53.0 cm³/mol. The van der Waals surface area contributed by atoms with E-state index >= 15 is 0 Å². The fourth-order valence-electron chi connectivity index (χ4n) is 1.17. The molecule has 2 nitrogen and oxygen atoms in total. The molecule has 0 N–H and O–H groups in total. The number of amides is 1. The maximum atomic E-state index is 13.2. The van der Waals surface area contributed by atoms with Gasteiger partial charge in [-0.2, -0.15) is 5.12 Å². The van der Waals surface area contributed by atoms with E-state index in [1.807, 2.05) is 25.1 Å². The molecule has 0 unspecified atom stereocenters. The quantitative estimate of drug-likeness (QED) is 0.676. The largest absolute Gasteiger partial charge is 0.272 e. The number of hydrogen-bond donors (Lipinski definition) is 0. The molecule has 0 aromatic heterocycles. The van der Waals surface area contributed by atoms with Gasteiger partial charge in [-0.1, -0.05) is 41.7 Å². The van der Waals surface area contributed by atoms with E-state index in [1.54, 1.807) is 12.1 Å². The van der Waals surface area contributed by atoms with Gasteiger partial charge in [0.25, 0.3) is 5.91 Å². The topological polar surface area (TPSA) is 20.3 Å². The van der Waals surface area contributed by atoms with Gasteiger partial charge >= 0.3 is 0 Å². The van der Waals surface area contributed by atoms with Crippen molar-refractivity contribution in [3.63, 3.8) is 0 Å². The number of carbonyl (C=O) groups excluding carboxylic acids is 1. The summed E-state index contributed by atoms with van der Waals surface area (Å²) >= 11 is 0. The number of hydrogen-bond acceptors (Lipinski definition) is 1. The molecule has 1 rings (SSSR count). The fourth-order valence-corrected chi connectivity index (χ4v) is 1.17. The summed E-state index contributed by atoms with van der Waals surface area (Å²) in [5.74, 6) is -0.448. The van der Waals surface area contributed by atoms with E-state index in [2.05, 4.69) is 0 Å². The minimum absolute atomic E-state index is 0.0413. The second-order valence-electron chi connectivity index (χ2n) is 3.15. The van der Waals surface area contributed by atoms with E-state index in [0.29, 0.717) is 6.42 Å². The van der Waals surface area contributed by atoms with Gasteiger partial charge < -0.3 is 0 Å². The molecule has 1 amide bonds. The van der Waals surface area contributed by atoms with Crippen molar-refractivity contribution >= 4 is 5.91 Å². The molecule has 3 heteroatoms. The molecule has 0 fully saturated rings. The summed E-state index contributed by atoms with van der Waals surface area (Å²) in [6.45, 7) is 1.90. The molecule has 0 saturated carbocycles. The summed E-state index contributed by atoms with van der Waals surface area (Å²) in [5.41, 5.74) is 0.805. The van der Waals surface area contributed by atoms with Gasteiger partial charge in [0.1, 0.15) is 0 Å². The lowest BCUT2D eigenvalue weighted by molar-refractivity contribution is -0.147. The van der Waals surface area contributed by atoms with Crippen molar-refractivity contribution in [3.8, 4) is 0 Å². The molecular formula is C11H14FNO. The van der Waals surface area contributed by atoms with Crippen LogP contribution in [-0.4, -0.2) is 11.0 Å². The highest BCUT2D eigenvalue weighted by Crippen LogP contribution is 2.06. The van der Waals surface area contributed by atoms with Crippen LogP contribution in [0.15, 0.2) is 30.3 Å². The summed E-state index contributed by atoms with van der Waals surface area (Å²) in [7, 11) is 0. The SMILES string of the molecule is CCCC(=O)N(F)Cc1ccccc1. The third-order valence-electron chi connectivity index (χ3n) is 1.90. The normalized spacial score (nSPS) is 9.86. The van der Waals surface area contributed by atoms with Crippen LogP contribution in [0, 0.1) is 0 Å². The summed E-state index contributed by atoms with van der Waals surface area (Å²) in [5, 5.41) is 0.277. The maximum Gasteiger partial charge on any atom is 0.250 e. The molecule has 14 heavy (non-hydrogen) atoms. The predicted octanol–water partition coefficient (Wildman–Crippen LogP) is 2.70. The van der Waals surface area contributed by atoms with Crippen LogP contribution in [0.25, 0.3) is 0 Å². The highest BCUT2D eigenvalue weighted by atomic mass is 19.2. The van der Waals surface area contributed by atoms with E-state index in [1.165, 1.54) is 0 Å². The van der Waals surface area contributed by atoms with E-state index in [-0.39, 0.29) is 18.1 Å². The Labute approximate surface area is 83.3 Å². The highest BCUT2D eigenvalue weighted by molar-refractivity contribution is 5.74. The van der Waals surface area contributed by atoms with Crippen LogP contribution in [0.5, 0.6) is 0 Å². The van der Waals surface area contributed by atoms with Crippen LogP contribution in [0.4, 0.5) is 4.48 Å². The molecule has 0 bridgehead atoms. The molecule has 1 aromatic carbocycles. The van der Waals surface area contributed by atoms with Crippen molar-refractivity contribution in [3.05, 3.63) is 35.9 Å². The van der Waals surface area contributed by atoms with Gasteiger partial charge in [-0.3, -0.25) is 4.79 Å². The molecule has 0 spiro atoms. The minimum atomic E-state index is -0.448. The lowest BCUT2D eigenvalue weighted by Crippen LogP contribution is -2.21. The van der Waals surface area contributed by atoms with Crippen LogP contribution in [-0.2, 0) is 11.3 Å². The van der Waals surface area contributed by atoms with Crippen LogP contribution in [0.2, 0.25) is 0 Å². The molecule has 0 aliphatic carbocycles. The zero-order valence-corrected chi connectivity index (χ0v) is 8.24. The maximum absolute atomic E-state index is 13.2. The fraction of sp³-hybridized carbons (Fsp3) is 0.364. The third-order valence-corrected chi connectivity index (χ3v) is 1.90. The van der Waals surface area contributed by atoms with Gasteiger partial charge in [-0.05, 0) is 12.0 Å². The third kappa shape index (κ3) is 3.17. The van der Waals surface area contributed by atoms with Gasteiger partial charge in [0.05, 0.1) is 6.54 Å². The van der Waals surface area contributed by atoms with E-state index in [4.69, 9.17) is 0 Å². The Balaban J connectivity index is 2.49. The van der Waals surface area contributed by atoms with Crippen molar-refractivity contribution in [2.75, 3.05) is 0 Å². The summed E-state index contributed by atoms with van der Waals surface area (Å²) < 4.78 is 13.2. The average Bonchev–Trinajstić information content (AvgIpc) is 2.19. The number of halogens is 1. The highest BCUT2D eigenvalue weighted by Gasteiger charge is 2.11. The zero-order valence-electron chi connectivity index (χ0n) is 8.24. The van der Waals surface area contributed by atoms with Crippen molar-refractivity contribution < 1.29 is 9.28 Å². The van der Waals surface area contributed by atoms with Crippen molar-refractivity contribution in [1.29, 1.82) is 0 Å². The number of rotatable bonds is 4. The lowest BCUT2D eigenvalue weighted by Gasteiger charge is -2.11. The zero-order chi connectivity index (χ0) is 10.4. The van der Waals surface area contributed by atoms with Crippen LogP contribution < -0.4 is 0 Å². The Hall–Kier alpha value is -1.38. The monoisotopic (exact) mass is 195 g/mol. The molecule has 0 atom stereocenters. The molecule has 0 aliphatic rings. The first-order chi connectivity index (χ1) is 6.74. The van der Waals surface area contributed by atoms with E-state index in [0.717, 1.165) is 5.56 Å². The van der Waals surface area contributed by atoms with Crippen molar-refractivity contribution in [1.82, 2.24) is 5.12 Å². The molecule has 0 aliphatic heterocycles. The van der Waals surface area contributed by atoms with Crippen molar-refractivity contribution in [2.24, 2.45) is 0 Å². The number of nitrogens with zero attached hydrogens (tertiary/aromatic N) is 1. The van der Waals surface area contributed by atoms with Crippen LogP contribution >= 0.6 is 0 Å². The first-order valence-electron chi connectivity index (χ1n) is 4.74. The summed E-state index contributed by atoms with van der Waals surface area (Å²) in [6.07, 6.45) is 0.942. The van der Waals surface area contributed by atoms with Gasteiger partial charge in [0.15, 0.2) is 0 Å². The Bertz CT molecular complexity index is 287.